The third-order valence-electron chi connectivity index (χ3n) is 4.10. The summed E-state index contributed by atoms with van der Waals surface area (Å²) in [6.07, 6.45) is 4.27. The van der Waals surface area contributed by atoms with Crippen LogP contribution in [0.4, 0.5) is 0 Å². The molecule has 2 aliphatic carbocycles. The highest BCUT2D eigenvalue weighted by Gasteiger charge is 2.60. The topological polar surface area (TPSA) is 17.1 Å². The van der Waals surface area contributed by atoms with Crippen molar-refractivity contribution in [2.75, 3.05) is 0 Å². The SMILES string of the molecule is CC12[CH]C(=O)C(CC1)C2(C)C. The molecule has 0 aromatic heterocycles. The smallest absolute Gasteiger partial charge is 0.140 e. The molecule has 0 heterocycles. The standard InChI is InChI=1S/C10H15O/c1-9(2)7-4-5-10(9,3)6-8(7)11/h6-7H,4-5H2,1-3H3. The molecule has 2 aliphatic rings. The largest absolute Gasteiger partial charge is 0.299 e. The van der Waals surface area contributed by atoms with Crippen LogP contribution in [0.2, 0.25) is 0 Å². The van der Waals surface area contributed by atoms with E-state index in [0.717, 1.165) is 6.42 Å². The van der Waals surface area contributed by atoms with Gasteiger partial charge in [-0.25, -0.2) is 0 Å². The van der Waals surface area contributed by atoms with Crippen molar-refractivity contribution in [2.45, 2.75) is 33.6 Å². The Kier molecular flexibility index (Phi) is 1.13. The molecule has 2 bridgehead atoms. The van der Waals surface area contributed by atoms with Gasteiger partial charge in [0.15, 0.2) is 0 Å². The Morgan fingerprint density at radius 2 is 2.09 bits per heavy atom. The van der Waals surface area contributed by atoms with Crippen molar-refractivity contribution < 1.29 is 4.79 Å². The Morgan fingerprint density at radius 1 is 1.45 bits per heavy atom. The molecule has 2 rings (SSSR count). The minimum absolute atomic E-state index is 0.203. The van der Waals surface area contributed by atoms with E-state index in [0.29, 0.717) is 11.7 Å². The van der Waals surface area contributed by atoms with Gasteiger partial charge in [-0.15, -0.1) is 0 Å². The fourth-order valence-corrected chi connectivity index (χ4v) is 2.70. The second kappa shape index (κ2) is 1.70. The highest BCUT2D eigenvalue weighted by atomic mass is 16.1. The number of rotatable bonds is 0. The molecule has 61 valence electrons. The molecule has 2 saturated carbocycles. The molecule has 2 atom stereocenters. The molecule has 11 heavy (non-hydrogen) atoms. The summed E-state index contributed by atoms with van der Waals surface area (Å²) in [4.78, 5) is 11.4. The van der Waals surface area contributed by atoms with E-state index in [4.69, 9.17) is 0 Å². The normalized spacial score (nSPS) is 46.8. The summed E-state index contributed by atoms with van der Waals surface area (Å²) in [5.74, 6) is 0.719. The maximum absolute atomic E-state index is 11.4. The van der Waals surface area contributed by atoms with Crippen LogP contribution in [0.15, 0.2) is 0 Å². The van der Waals surface area contributed by atoms with Crippen LogP contribution < -0.4 is 0 Å². The van der Waals surface area contributed by atoms with Gasteiger partial charge in [0.2, 0.25) is 0 Å². The fourth-order valence-electron chi connectivity index (χ4n) is 2.70. The molecule has 0 spiro atoms. The minimum atomic E-state index is 0.203. The summed E-state index contributed by atoms with van der Waals surface area (Å²) >= 11 is 0. The van der Waals surface area contributed by atoms with E-state index < -0.39 is 0 Å². The van der Waals surface area contributed by atoms with Crippen molar-refractivity contribution in [3.05, 3.63) is 6.42 Å². The van der Waals surface area contributed by atoms with E-state index in [1.54, 1.807) is 0 Å². The van der Waals surface area contributed by atoms with Gasteiger partial charge in [-0.2, -0.15) is 0 Å². The first-order chi connectivity index (χ1) is 4.97. The van der Waals surface area contributed by atoms with Crippen LogP contribution >= 0.6 is 0 Å². The van der Waals surface area contributed by atoms with Crippen LogP contribution in [-0.4, -0.2) is 5.78 Å². The Morgan fingerprint density at radius 3 is 2.27 bits per heavy atom. The number of hydrogen-bond acceptors (Lipinski definition) is 1. The van der Waals surface area contributed by atoms with Crippen molar-refractivity contribution >= 4 is 5.78 Å². The number of ketones is 1. The van der Waals surface area contributed by atoms with Crippen LogP contribution in [0.3, 0.4) is 0 Å². The maximum Gasteiger partial charge on any atom is 0.140 e. The molecule has 2 unspecified atom stereocenters. The van der Waals surface area contributed by atoms with Crippen molar-refractivity contribution in [3.8, 4) is 0 Å². The van der Waals surface area contributed by atoms with Crippen molar-refractivity contribution in [1.29, 1.82) is 0 Å². The number of carbonyl (C=O) groups is 1. The second-order valence-corrected chi connectivity index (χ2v) is 4.78. The first kappa shape index (κ1) is 7.33. The van der Waals surface area contributed by atoms with Gasteiger partial charge < -0.3 is 0 Å². The van der Waals surface area contributed by atoms with E-state index in [1.807, 2.05) is 6.42 Å². The molecule has 0 saturated heterocycles. The van der Waals surface area contributed by atoms with Gasteiger partial charge in [0.1, 0.15) is 5.78 Å². The predicted octanol–water partition coefficient (Wildman–Crippen LogP) is 2.22. The summed E-state index contributed by atoms with van der Waals surface area (Å²) in [5, 5.41) is 0. The lowest BCUT2D eigenvalue weighted by Crippen LogP contribution is -2.26. The van der Waals surface area contributed by atoms with Gasteiger partial charge in [-0.1, -0.05) is 20.8 Å². The zero-order valence-electron chi connectivity index (χ0n) is 7.48. The molecular formula is C10H15O. The van der Waals surface area contributed by atoms with Crippen LogP contribution in [0.1, 0.15) is 33.6 Å². The molecule has 0 N–H and O–H groups in total. The molecular weight excluding hydrogens is 136 g/mol. The molecule has 1 radical (unpaired) electrons. The molecule has 2 fully saturated rings. The second-order valence-electron chi connectivity index (χ2n) is 4.78. The van der Waals surface area contributed by atoms with Crippen molar-refractivity contribution in [2.24, 2.45) is 16.7 Å². The fraction of sp³-hybridized carbons (Fsp3) is 0.800. The Hall–Kier alpha value is -0.330. The quantitative estimate of drug-likeness (QED) is 0.519. The number of carbonyl (C=O) groups excluding carboxylic acids is 1. The first-order valence-corrected chi connectivity index (χ1v) is 4.37. The molecule has 1 heteroatoms. The Labute approximate surface area is 68.2 Å². The summed E-state index contributed by atoms with van der Waals surface area (Å²) in [7, 11) is 0. The highest BCUT2D eigenvalue weighted by Crippen LogP contribution is 2.63. The summed E-state index contributed by atoms with van der Waals surface area (Å²) in [5.41, 5.74) is 0.429. The molecule has 0 aliphatic heterocycles. The summed E-state index contributed by atoms with van der Waals surface area (Å²) < 4.78 is 0. The maximum atomic E-state index is 11.4. The average molecular weight is 151 g/mol. The Bertz CT molecular complexity index is 214. The van der Waals surface area contributed by atoms with Crippen LogP contribution in [0.25, 0.3) is 0 Å². The first-order valence-electron chi connectivity index (χ1n) is 4.37. The number of fused-ring (bicyclic) bond motifs is 2. The molecule has 0 amide bonds. The summed E-state index contributed by atoms with van der Waals surface area (Å²) in [6, 6.07) is 0. The van der Waals surface area contributed by atoms with E-state index in [9.17, 15) is 4.79 Å². The van der Waals surface area contributed by atoms with Gasteiger partial charge in [-0.05, 0) is 23.7 Å². The van der Waals surface area contributed by atoms with E-state index in [2.05, 4.69) is 20.8 Å². The van der Waals surface area contributed by atoms with Crippen molar-refractivity contribution in [1.82, 2.24) is 0 Å². The van der Waals surface area contributed by atoms with Gasteiger partial charge in [0.05, 0.1) is 0 Å². The lowest BCUT2D eigenvalue weighted by atomic mass is 9.71. The molecule has 1 nitrogen and oxygen atoms in total. The monoisotopic (exact) mass is 151 g/mol. The average Bonchev–Trinajstić information content (AvgIpc) is 2.13. The lowest BCUT2D eigenvalue weighted by molar-refractivity contribution is -0.119. The van der Waals surface area contributed by atoms with E-state index in [1.165, 1.54) is 6.42 Å². The predicted molar refractivity (Wildman–Crippen MR) is 43.9 cm³/mol. The van der Waals surface area contributed by atoms with Crippen LogP contribution in [0.5, 0.6) is 0 Å². The zero-order chi connectivity index (χ0) is 8.28. The number of hydrogen-bond donors (Lipinski definition) is 0. The number of Topliss-reactive ketones (excluding diaryl/α,β-unsaturated/α-hetero) is 1. The van der Waals surface area contributed by atoms with Gasteiger partial charge >= 0.3 is 0 Å². The zero-order valence-corrected chi connectivity index (χ0v) is 7.48. The van der Waals surface area contributed by atoms with Gasteiger partial charge in [-0.3, -0.25) is 4.79 Å². The van der Waals surface area contributed by atoms with Crippen LogP contribution in [0, 0.1) is 23.2 Å². The lowest BCUT2D eigenvalue weighted by Gasteiger charge is -2.32. The van der Waals surface area contributed by atoms with Crippen LogP contribution in [-0.2, 0) is 4.79 Å². The van der Waals surface area contributed by atoms with Crippen molar-refractivity contribution in [3.63, 3.8) is 0 Å². The molecule has 0 aromatic rings. The van der Waals surface area contributed by atoms with E-state index >= 15 is 0 Å². The molecule has 0 aromatic carbocycles. The summed E-state index contributed by atoms with van der Waals surface area (Å²) in [6.45, 7) is 6.68. The minimum Gasteiger partial charge on any atom is -0.299 e. The Balaban J connectivity index is 2.45. The van der Waals surface area contributed by atoms with E-state index in [-0.39, 0.29) is 10.8 Å². The third-order valence-corrected chi connectivity index (χ3v) is 4.10. The third kappa shape index (κ3) is 0.646. The van der Waals surface area contributed by atoms with Gasteiger partial charge in [0.25, 0.3) is 0 Å². The highest BCUT2D eigenvalue weighted by molar-refractivity contribution is 5.94. The van der Waals surface area contributed by atoms with Gasteiger partial charge in [0, 0.05) is 12.3 Å².